The summed E-state index contributed by atoms with van der Waals surface area (Å²) >= 11 is 0. The molecule has 1 rings (SSSR count). The molecule has 4 heteroatoms. The molecule has 0 aliphatic rings. The zero-order chi connectivity index (χ0) is 12.1. The van der Waals surface area contributed by atoms with Crippen LogP contribution in [0.3, 0.4) is 0 Å². The Bertz CT molecular complexity index is 462. The van der Waals surface area contributed by atoms with E-state index in [1.807, 2.05) is 0 Å². The predicted molar refractivity (Wildman–Crippen MR) is 58.3 cm³/mol. The van der Waals surface area contributed by atoms with Gasteiger partial charge in [-0.2, -0.15) is 5.26 Å². The average Bonchev–Trinajstić information content (AvgIpc) is 2.29. The largest absolute Gasteiger partial charge is 0.511 e. The number of aliphatic hydroxyl groups is 1. The number of carbonyl (C=O) groups excluding carboxylic acids is 1. The number of nitriles is 1. The second-order valence-electron chi connectivity index (χ2n) is 3.13. The van der Waals surface area contributed by atoms with E-state index in [4.69, 9.17) is 15.1 Å². The minimum atomic E-state index is -0.495. The molecule has 1 aromatic carbocycles. The van der Waals surface area contributed by atoms with Gasteiger partial charge in [-0.05, 0) is 31.2 Å². The first-order valence-corrected chi connectivity index (χ1v) is 4.59. The van der Waals surface area contributed by atoms with E-state index in [9.17, 15) is 4.79 Å². The fourth-order valence-electron chi connectivity index (χ4n) is 1.18. The van der Waals surface area contributed by atoms with E-state index in [0.29, 0.717) is 11.3 Å². The van der Waals surface area contributed by atoms with E-state index < -0.39 is 5.78 Å². The number of hydrogen-bond acceptors (Lipinski definition) is 4. The van der Waals surface area contributed by atoms with Gasteiger partial charge in [-0.1, -0.05) is 0 Å². The van der Waals surface area contributed by atoms with Crippen molar-refractivity contribution in [1.29, 1.82) is 5.26 Å². The molecule has 0 heterocycles. The number of benzene rings is 1. The summed E-state index contributed by atoms with van der Waals surface area (Å²) in [5.41, 5.74) is 0.0934. The highest BCUT2D eigenvalue weighted by molar-refractivity contribution is 6.11. The van der Waals surface area contributed by atoms with Gasteiger partial charge in [0.2, 0.25) is 5.78 Å². The van der Waals surface area contributed by atoms with Crippen molar-refractivity contribution >= 4 is 5.78 Å². The Kier molecular flexibility index (Phi) is 3.67. The van der Waals surface area contributed by atoms with Crippen LogP contribution in [0.2, 0.25) is 0 Å². The van der Waals surface area contributed by atoms with Crippen molar-refractivity contribution in [2.45, 2.75) is 6.92 Å². The van der Waals surface area contributed by atoms with Crippen molar-refractivity contribution < 1.29 is 14.6 Å². The lowest BCUT2D eigenvalue weighted by molar-refractivity contribution is 0.103. The van der Waals surface area contributed by atoms with Crippen molar-refractivity contribution in [3.63, 3.8) is 0 Å². The van der Waals surface area contributed by atoms with Crippen LogP contribution in [0.25, 0.3) is 0 Å². The molecule has 0 bridgehead atoms. The maximum absolute atomic E-state index is 11.7. The number of carbonyl (C=O) groups is 1. The Morgan fingerprint density at radius 2 is 1.94 bits per heavy atom. The van der Waals surface area contributed by atoms with Crippen LogP contribution in [0.1, 0.15) is 17.3 Å². The summed E-state index contributed by atoms with van der Waals surface area (Å²) in [7, 11) is 1.52. The Morgan fingerprint density at radius 3 is 2.31 bits per heavy atom. The van der Waals surface area contributed by atoms with Gasteiger partial charge in [0, 0.05) is 5.56 Å². The van der Waals surface area contributed by atoms with Gasteiger partial charge in [0.05, 0.1) is 7.11 Å². The Hall–Kier alpha value is -2.28. The van der Waals surface area contributed by atoms with Crippen LogP contribution in [0.4, 0.5) is 0 Å². The molecule has 0 aliphatic heterocycles. The second kappa shape index (κ2) is 4.99. The standard InChI is InChI=1S/C12H11NO3/c1-8(14)11(7-13)12(15)9-3-5-10(16-2)6-4-9/h3-6,14H,1-2H3/b11-8-. The summed E-state index contributed by atoms with van der Waals surface area (Å²) < 4.78 is 4.95. The Morgan fingerprint density at radius 1 is 1.38 bits per heavy atom. The fourth-order valence-corrected chi connectivity index (χ4v) is 1.18. The number of Topliss-reactive ketones (excluding diaryl/α,β-unsaturated/α-hetero) is 1. The maximum atomic E-state index is 11.7. The number of methoxy groups -OCH3 is 1. The number of rotatable bonds is 3. The number of hydrogen-bond donors (Lipinski definition) is 1. The molecule has 1 N–H and O–H groups in total. The van der Waals surface area contributed by atoms with E-state index in [0.717, 1.165) is 0 Å². The smallest absolute Gasteiger partial charge is 0.206 e. The molecule has 4 nitrogen and oxygen atoms in total. The first-order valence-electron chi connectivity index (χ1n) is 4.59. The fraction of sp³-hybridized carbons (Fsp3) is 0.167. The average molecular weight is 217 g/mol. The molecular formula is C12H11NO3. The summed E-state index contributed by atoms with van der Waals surface area (Å²) in [4.78, 5) is 11.7. The highest BCUT2D eigenvalue weighted by Gasteiger charge is 2.14. The maximum Gasteiger partial charge on any atom is 0.206 e. The van der Waals surface area contributed by atoms with E-state index in [1.54, 1.807) is 30.3 Å². The lowest BCUT2D eigenvalue weighted by Gasteiger charge is -2.02. The molecule has 16 heavy (non-hydrogen) atoms. The minimum absolute atomic E-state index is 0.245. The SMILES string of the molecule is COc1ccc(C(=O)/C(C#N)=C(/C)O)cc1. The van der Waals surface area contributed by atoms with Gasteiger partial charge in [0.15, 0.2) is 0 Å². The van der Waals surface area contributed by atoms with Gasteiger partial charge in [0.25, 0.3) is 0 Å². The zero-order valence-electron chi connectivity index (χ0n) is 9.02. The number of nitrogens with zero attached hydrogens (tertiary/aromatic N) is 1. The summed E-state index contributed by atoms with van der Waals surface area (Å²) in [5.74, 6) is -0.145. The first-order chi connectivity index (χ1) is 7.60. The third-order valence-electron chi connectivity index (χ3n) is 2.05. The van der Waals surface area contributed by atoms with E-state index in [2.05, 4.69) is 0 Å². The van der Waals surface area contributed by atoms with Crippen LogP contribution in [-0.4, -0.2) is 18.0 Å². The molecule has 0 aliphatic carbocycles. The number of allylic oxidation sites excluding steroid dienone is 2. The molecule has 0 unspecified atom stereocenters. The lowest BCUT2D eigenvalue weighted by atomic mass is 10.0. The quantitative estimate of drug-likeness (QED) is 0.365. The molecule has 0 aromatic heterocycles. The van der Waals surface area contributed by atoms with Crippen LogP contribution in [0, 0.1) is 11.3 Å². The molecule has 0 amide bonds. The van der Waals surface area contributed by atoms with Gasteiger partial charge >= 0.3 is 0 Å². The van der Waals surface area contributed by atoms with Gasteiger partial charge in [-0.25, -0.2) is 0 Å². The van der Waals surface area contributed by atoms with Crippen LogP contribution in [-0.2, 0) is 0 Å². The Labute approximate surface area is 93.4 Å². The topological polar surface area (TPSA) is 70.3 Å². The molecule has 0 saturated heterocycles. The van der Waals surface area contributed by atoms with Crippen molar-refractivity contribution in [2.75, 3.05) is 7.11 Å². The van der Waals surface area contributed by atoms with Crippen molar-refractivity contribution in [3.05, 3.63) is 41.2 Å². The normalized spacial score (nSPS) is 11.3. The molecule has 82 valence electrons. The molecule has 0 fully saturated rings. The first kappa shape index (κ1) is 11.8. The van der Waals surface area contributed by atoms with Gasteiger partial charge in [-0.3, -0.25) is 4.79 Å². The summed E-state index contributed by atoms with van der Waals surface area (Å²) in [5, 5.41) is 17.9. The van der Waals surface area contributed by atoms with Crippen LogP contribution < -0.4 is 4.74 Å². The third-order valence-corrected chi connectivity index (χ3v) is 2.05. The third kappa shape index (κ3) is 2.39. The predicted octanol–water partition coefficient (Wildman–Crippen LogP) is 2.23. The van der Waals surface area contributed by atoms with Crippen LogP contribution >= 0.6 is 0 Å². The van der Waals surface area contributed by atoms with Crippen molar-refractivity contribution in [1.82, 2.24) is 0 Å². The molecule has 0 saturated carbocycles. The van der Waals surface area contributed by atoms with Crippen molar-refractivity contribution in [2.24, 2.45) is 0 Å². The van der Waals surface area contributed by atoms with Gasteiger partial charge in [-0.15, -0.1) is 0 Å². The van der Waals surface area contributed by atoms with Crippen LogP contribution in [0.15, 0.2) is 35.6 Å². The van der Waals surface area contributed by atoms with E-state index >= 15 is 0 Å². The monoisotopic (exact) mass is 217 g/mol. The molecule has 1 aromatic rings. The summed E-state index contributed by atoms with van der Waals surface area (Å²) in [6.07, 6.45) is 0. The zero-order valence-corrected chi connectivity index (χ0v) is 9.02. The lowest BCUT2D eigenvalue weighted by Crippen LogP contribution is -2.04. The molecule has 0 atom stereocenters. The second-order valence-corrected chi connectivity index (χ2v) is 3.13. The van der Waals surface area contributed by atoms with E-state index in [-0.39, 0.29) is 11.3 Å². The minimum Gasteiger partial charge on any atom is -0.511 e. The number of aliphatic hydroxyl groups excluding tert-OH is 1. The molecular weight excluding hydrogens is 206 g/mol. The number of ether oxygens (including phenoxy) is 1. The van der Waals surface area contributed by atoms with Gasteiger partial charge in [0.1, 0.15) is 23.2 Å². The molecule has 0 spiro atoms. The summed E-state index contributed by atoms with van der Waals surface area (Å²) in [6, 6.07) is 8.00. The highest BCUT2D eigenvalue weighted by Crippen LogP contribution is 2.15. The van der Waals surface area contributed by atoms with Crippen molar-refractivity contribution in [3.8, 4) is 11.8 Å². The highest BCUT2D eigenvalue weighted by atomic mass is 16.5. The number of ketones is 1. The van der Waals surface area contributed by atoms with Crippen LogP contribution in [0.5, 0.6) is 5.75 Å². The Balaban J connectivity index is 3.07. The summed E-state index contributed by atoms with van der Waals surface area (Å²) in [6.45, 7) is 1.31. The van der Waals surface area contributed by atoms with Gasteiger partial charge < -0.3 is 9.84 Å². The van der Waals surface area contributed by atoms with E-state index in [1.165, 1.54) is 14.0 Å². The molecule has 0 radical (unpaired) electrons.